The Hall–Kier alpha value is -3.13. The molecule has 3 aliphatic rings. The monoisotopic (exact) mass is 436 g/mol. The molecule has 168 valence electrons. The van der Waals surface area contributed by atoms with Crippen molar-refractivity contribution in [2.45, 2.75) is 37.4 Å². The van der Waals surface area contributed by atoms with Gasteiger partial charge in [0.1, 0.15) is 18.0 Å². The third-order valence-electron chi connectivity index (χ3n) is 6.39. The predicted molar refractivity (Wildman–Crippen MR) is 119 cm³/mol. The Labute approximate surface area is 187 Å². The van der Waals surface area contributed by atoms with E-state index in [4.69, 9.17) is 9.47 Å². The minimum absolute atomic E-state index is 0.0220. The third kappa shape index (κ3) is 4.55. The van der Waals surface area contributed by atoms with E-state index in [1.54, 1.807) is 11.1 Å². The number of likely N-dealkylation sites (tertiary alicyclic amines) is 2. The van der Waals surface area contributed by atoms with Gasteiger partial charge in [0.25, 0.3) is 5.91 Å². The molecule has 0 saturated carbocycles. The second-order valence-corrected chi connectivity index (χ2v) is 8.66. The molecule has 1 N–H and O–H groups in total. The normalized spacial score (nSPS) is 23.1. The SMILES string of the molecule is O=C(Nc1ccc(OC2CCN(C(=O)[C@H]3CCCO3)C2)cc1)N1CC(c2cccnc2)C1. The van der Waals surface area contributed by atoms with Gasteiger partial charge in [-0.3, -0.25) is 9.78 Å². The van der Waals surface area contributed by atoms with Gasteiger partial charge in [-0.05, 0) is 48.7 Å². The Bertz CT molecular complexity index is 940. The molecule has 1 unspecified atom stereocenters. The van der Waals surface area contributed by atoms with E-state index in [9.17, 15) is 9.59 Å². The lowest BCUT2D eigenvalue weighted by atomic mass is 9.93. The van der Waals surface area contributed by atoms with Crippen molar-refractivity contribution >= 4 is 17.6 Å². The minimum atomic E-state index is -0.275. The summed E-state index contributed by atoms with van der Waals surface area (Å²) in [6.45, 7) is 3.36. The lowest BCUT2D eigenvalue weighted by Gasteiger charge is -2.39. The summed E-state index contributed by atoms with van der Waals surface area (Å²) in [5, 5.41) is 2.94. The standard InChI is InChI=1S/C24H28N4O4/c29-23(22-4-2-12-31-22)27-11-9-21(16-27)32-20-7-5-19(6-8-20)26-24(30)28-14-18(15-28)17-3-1-10-25-13-17/h1,3,5-8,10,13,18,21-22H,2,4,9,11-12,14-16H2,(H,26,30)/t21?,22-/m1/s1. The highest BCUT2D eigenvalue weighted by molar-refractivity contribution is 5.90. The van der Waals surface area contributed by atoms with Gasteiger partial charge in [-0.1, -0.05) is 6.07 Å². The number of carbonyl (C=O) groups is 2. The number of amides is 3. The number of pyridine rings is 1. The number of anilines is 1. The minimum Gasteiger partial charge on any atom is -0.489 e. The van der Waals surface area contributed by atoms with Gasteiger partial charge in [0, 0.05) is 56.7 Å². The van der Waals surface area contributed by atoms with Gasteiger partial charge in [-0.15, -0.1) is 0 Å². The van der Waals surface area contributed by atoms with E-state index in [2.05, 4.69) is 10.3 Å². The number of hydrogen-bond donors (Lipinski definition) is 1. The Morgan fingerprint density at radius 3 is 2.62 bits per heavy atom. The van der Waals surface area contributed by atoms with Gasteiger partial charge in [-0.25, -0.2) is 4.79 Å². The number of aromatic nitrogens is 1. The molecule has 3 saturated heterocycles. The highest BCUT2D eigenvalue weighted by Crippen LogP contribution is 2.27. The van der Waals surface area contributed by atoms with Gasteiger partial charge < -0.3 is 24.6 Å². The molecule has 5 rings (SSSR count). The summed E-state index contributed by atoms with van der Waals surface area (Å²) >= 11 is 0. The molecule has 32 heavy (non-hydrogen) atoms. The molecular weight excluding hydrogens is 408 g/mol. The molecule has 0 radical (unpaired) electrons. The van der Waals surface area contributed by atoms with E-state index in [1.165, 1.54) is 5.56 Å². The van der Waals surface area contributed by atoms with Crippen molar-refractivity contribution < 1.29 is 19.1 Å². The number of hydrogen-bond acceptors (Lipinski definition) is 5. The largest absolute Gasteiger partial charge is 0.489 e. The molecule has 3 fully saturated rings. The zero-order chi connectivity index (χ0) is 21.9. The first-order valence-electron chi connectivity index (χ1n) is 11.3. The lowest BCUT2D eigenvalue weighted by Crippen LogP contribution is -2.50. The zero-order valence-electron chi connectivity index (χ0n) is 18.0. The fourth-order valence-corrected chi connectivity index (χ4v) is 4.49. The van der Waals surface area contributed by atoms with E-state index >= 15 is 0 Å². The zero-order valence-corrected chi connectivity index (χ0v) is 18.0. The number of nitrogens with one attached hydrogen (secondary N) is 1. The van der Waals surface area contributed by atoms with Crippen molar-refractivity contribution in [1.29, 1.82) is 0 Å². The molecule has 4 heterocycles. The number of urea groups is 1. The fourth-order valence-electron chi connectivity index (χ4n) is 4.49. The average Bonchev–Trinajstić information content (AvgIpc) is 3.47. The van der Waals surface area contributed by atoms with Gasteiger partial charge >= 0.3 is 6.03 Å². The third-order valence-corrected chi connectivity index (χ3v) is 6.39. The van der Waals surface area contributed by atoms with Crippen molar-refractivity contribution in [1.82, 2.24) is 14.8 Å². The fraction of sp³-hybridized carbons (Fsp3) is 0.458. The average molecular weight is 437 g/mol. The van der Waals surface area contributed by atoms with E-state index in [-0.39, 0.29) is 24.1 Å². The van der Waals surface area contributed by atoms with Gasteiger partial charge in [0.05, 0.1) is 6.54 Å². The van der Waals surface area contributed by atoms with Crippen LogP contribution < -0.4 is 10.1 Å². The smallest absolute Gasteiger partial charge is 0.321 e. The maximum atomic E-state index is 12.5. The maximum absolute atomic E-state index is 12.5. The van der Waals surface area contributed by atoms with Gasteiger partial charge in [0.15, 0.2) is 0 Å². The van der Waals surface area contributed by atoms with Crippen molar-refractivity contribution in [2.24, 2.45) is 0 Å². The summed E-state index contributed by atoms with van der Waals surface area (Å²) in [5.41, 5.74) is 1.90. The molecule has 0 bridgehead atoms. The van der Waals surface area contributed by atoms with E-state index in [0.29, 0.717) is 38.7 Å². The van der Waals surface area contributed by atoms with Crippen LogP contribution in [0.1, 0.15) is 30.7 Å². The van der Waals surface area contributed by atoms with Crippen molar-refractivity contribution in [2.75, 3.05) is 38.1 Å². The number of rotatable bonds is 5. The van der Waals surface area contributed by atoms with Crippen molar-refractivity contribution in [3.63, 3.8) is 0 Å². The number of ether oxygens (including phenoxy) is 2. The van der Waals surface area contributed by atoms with E-state index in [0.717, 1.165) is 30.7 Å². The van der Waals surface area contributed by atoms with Crippen LogP contribution in [0.3, 0.4) is 0 Å². The summed E-state index contributed by atoms with van der Waals surface area (Å²) in [5.74, 6) is 1.17. The highest BCUT2D eigenvalue weighted by atomic mass is 16.5. The number of carbonyl (C=O) groups excluding carboxylic acids is 2. The molecular formula is C24H28N4O4. The van der Waals surface area contributed by atoms with Crippen LogP contribution in [-0.2, 0) is 9.53 Å². The maximum Gasteiger partial charge on any atom is 0.321 e. The summed E-state index contributed by atoms with van der Waals surface area (Å²) in [6.07, 6.45) is 5.90. The summed E-state index contributed by atoms with van der Waals surface area (Å²) in [6, 6.07) is 11.3. The summed E-state index contributed by atoms with van der Waals surface area (Å²) in [4.78, 5) is 32.7. The molecule has 8 nitrogen and oxygen atoms in total. The lowest BCUT2D eigenvalue weighted by molar-refractivity contribution is -0.140. The van der Waals surface area contributed by atoms with Crippen molar-refractivity contribution in [3.05, 3.63) is 54.4 Å². The van der Waals surface area contributed by atoms with Crippen LogP contribution in [0, 0.1) is 0 Å². The summed E-state index contributed by atoms with van der Waals surface area (Å²) in [7, 11) is 0. The Morgan fingerprint density at radius 2 is 1.91 bits per heavy atom. The molecule has 1 aromatic carbocycles. The van der Waals surface area contributed by atoms with E-state index in [1.807, 2.05) is 47.5 Å². The quantitative estimate of drug-likeness (QED) is 0.779. The van der Waals surface area contributed by atoms with E-state index < -0.39 is 0 Å². The second kappa shape index (κ2) is 9.16. The topological polar surface area (TPSA) is 84.0 Å². The van der Waals surface area contributed by atoms with Crippen LogP contribution in [0.4, 0.5) is 10.5 Å². The van der Waals surface area contributed by atoms with Crippen LogP contribution in [0.5, 0.6) is 5.75 Å². The molecule has 1 aromatic heterocycles. The Kier molecular flexibility index (Phi) is 5.94. The molecule has 3 aliphatic heterocycles. The first kappa shape index (κ1) is 20.8. The Morgan fingerprint density at radius 1 is 1.06 bits per heavy atom. The Balaban J connectivity index is 1.07. The number of nitrogens with zero attached hydrogens (tertiary/aromatic N) is 3. The molecule has 8 heteroatoms. The van der Waals surface area contributed by atoms with Crippen molar-refractivity contribution in [3.8, 4) is 5.75 Å². The molecule has 2 aromatic rings. The van der Waals surface area contributed by atoms with Crippen LogP contribution in [0.15, 0.2) is 48.8 Å². The van der Waals surface area contributed by atoms with Gasteiger partial charge in [-0.2, -0.15) is 0 Å². The second-order valence-electron chi connectivity index (χ2n) is 8.66. The van der Waals surface area contributed by atoms with Crippen LogP contribution in [0.2, 0.25) is 0 Å². The number of benzene rings is 1. The molecule has 0 spiro atoms. The molecule has 2 atom stereocenters. The molecule has 3 amide bonds. The first-order valence-corrected chi connectivity index (χ1v) is 11.3. The van der Waals surface area contributed by atoms with Crippen LogP contribution >= 0.6 is 0 Å². The highest BCUT2D eigenvalue weighted by Gasteiger charge is 2.34. The van der Waals surface area contributed by atoms with Crippen LogP contribution in [-0.4, -0.2) is 71.7 Å². The summed E-state index contributed by atoms with van der Waals surface area (Å²) < 4.78 is 11.6. The first-order chi connectivity index (χ1) is 15.7. The van der Waals surface area contributed by atoms with Gasteiger partial charge in [0.2, 0.25) is 0 Å². The predicted octanol–water partition coefficient (Wildman–Crippen LogP) is 2.87. The van der Waals surface area contributed by atoms with Crippen LogP contribution in [0.25, 0.3) is 0 Å². The molecule has 0 aliphatic carbocycles.